The molecule has 4 nitrogen and oxygen atoms in total. The molecule has 0 radical (unpaired) electrons. The number of ether oxygens (including phenoxy) is 1. The van der Waals surface area contributed by atoms with Gasteiger partial charge in [-0.25, -0.2) is 4.79 Å². The lowest BCUT2D eigenvalue weighted by atomic mass is 9.96. The second-order valence-corrected chi connectivity index (χ2v) is 5.70. The Morgan fingerprint density at radius 2 is 1.95 bits per heavy atom. The minimum absolute atomic E-state index is 0.158. The normalized spacial score (nSPS) is 19.0. The van der Waals surface area contributed by atoms with E-state index in [9.17, 15) is 9.59 Å². The third-order valence-corrected chi connectivity index (χ3v) is 3.92. The first-order chi connectivity index (χ1) is 10.0. The summed E-state index contributed by atoms with van der Waals surface area (Å²) >= 11 is 0. The molecule has 3 rings (SSSR count). The molecule has 0 spiro atoms. The zero-order valence-corrected chi connectivity index (χ0v) is 12.3. The Kier molecular flexibility index (Phi) is 3.53. The molecule has 2 aromatic rings. The zero-order valence-electron chi connectivity index (χ0n) is 12.3. The topological polar surface area (TPSA) is 56.5 Å². The molecule has 110 valence electrons. The highest BCUT2D eigenvalue weighted by Gasteiger charge is 2.25. The molecule has 0 aliphatic heterocycles. The number of carbonyl (C=O) groups is 1. The fraction of sp³-hybridized carbons (Fsp3) is 0.412. The summed E-state index contributed by atoms with van der Waals surface area (Å²) in [5.74, 6) is 0.789. The van der Waals surface area contributed by atoms with E-state index in [4.69, 9.17) is 9.15 Å². The lowest BCUT2D eigenvalue weighted by molar-refractivity contribution is -0.127. The van der Waals surface area contributed by atoms with Crippen molar-refractivity contribution in [2.45, 2.75) is 45.6 Å². The first kappa shape index (κ1) is 13.9. The van der Waals surface area contributed by atoms with Gasteiger partial charge in [-0.15, -0.1) is 0 Å². The Hall–Kier alpha value is -2.10. The van der Waals surface area contributed by atoms with E-state index in [1.165, 1.54) is 6.07 Å². The van der Waals surface area contributed by atoms with Gasteiger partial charge in [0.25, 0.3) is 0 Å². The molecule has 1 aromatic carbocycles. The van der Waals surface area contributed by atoms with Crippen LogP contribution < -0.4 is 10.4 Å². The first-order valence-electron chi connectivity index (χ1n) is 7.29. The van der Waals surface area contributed by atoms with Crippen molar-refractivity contribution in [3.8, 4) is 5.75 Å². The molecule has 21 heavy (non-hydrogen) atoms. The van der Waals surface area contributed by atoms with Crippen LogP contribution in [0.3, 0.4) is 0 Å². The molecule has 1 unspecified atom stereocenters. The molecular weight excluding hydrogens is 268 g/mol. The second kappa shape index (κ2) is 5.35. The summed E-state index contributed by atoms with van der Waals surface area (Å²) in [7, 11) is 0. The van der Waals surface area contributed by atoms with E-state index in [1.54, 1.807) is 0 Å². The van der Waals surface area contributed by atoms with Crippen LogP contribution in [0.15, 0.2) is 27.4 Å². The number of benzene rings is 1. The SMILES string of the molecule is Cc1cc(OC2CCCCC2=O)c2c(C)cc(=O)oc2c1. The molecule has 1 fully saturated rings. The van der Waals surface area contributed by atoms with Crippen molar-refractivity contribution in [3.63, 3.8) is 0 Å². The van der Waals surface area contributed by atoms with Crippen LogP contribution in [0.1, 0.15) is 36.8 Å². The summed E-state index contributed by atoms with van der Waals surface area (Å²) < 4.78 is 11.2. The molecule has 1 atom stereocenters. The van der Waals surface area contributed by atoms with Crippen LogP contribution in [0.25, 0.3) is 11.0 Å². The Morgan fingerprint density at radius 1 is 1.14 bits per heavy atom. The maximum absolute atomic E-state index is 12.0. The molecule has 1 aliphatic carbocycles. The van der Waals surface area contributed by atoms with Crippen LogP contribution in [-0.2, 0) is 4.79 Å². The van der Waals surface area contributed by atoms with Crippen molar-refractivity contribution in [3.05, 3.63) is 39.7 Å². The van der Waals surface area contributed by atoms with Crippen LogP contribution >= 0.6 is 0 Å². The molecule has 4 heteroatoms. The van der Waals surface area contributed by atoms with Crippen molar-refractivity contribution in [2.75, 3.05) is 0 Å². The number of carbonyl (C=O) groups excluding carboxylic acids is 1. The number of hydrogen-bond donors (Lipinski definition) is 0. The number of hydrogen-bond acceptors (Lipinski definition) is 4. The van der Waals surface area contributed by atoms with Gasteiger partial charge in [-0.3, -0.25) is 4.79 Å². The lowest BCUT2D eigenvalue weighted by Gasteiger charge is -2.23. The highest BCUT2D eigenvalue weighted by molar-refractivity contribution is 5.89. The maximum Gasteiger partial charge on any atom is 0.336 e. The predicted octanol–water partition coefficient (Wildman–Crippen LogP) is 3.30. The molecule has 1 saturated carbocycles. The molecule has 1 aromatic heterocycles. The van der Waals surface area contributed by atoms with E-state index in [0.717, 1.165) is 35.8 Å². The van der Waals surface area contributed by atoms with Crippen molar-refractivity contribution in [1.29, 1.82) is 0 Å². The van der Waals surface area contributed by atoms with E-state index in [0.29, 0.717) is 17.8 Å². The minimum atomic E-state index is -0.380. The van der Waals surface area contributed by atoms with Crippen molar-refractivity contribution in [2.24, 2.45) is 0 Å². The Labute approximate surface area is 122 Å². The van der Waals surface area contributed by atoms with Gasteiger partial charge in [-0.05, 0) is 56.4 Å². The summed E-state index contributed by atoms with van der Waals surface area (Å²) in [6, 6.07) is 5.17. The molecule has 0 saturated heterocycles. The fourth-order valence-electron chi connectivity index (χ4n) is 2.90. The van der Waals surface area contributed by atoms with Crippen molar-refractivity contribution < 1.29 is 13.9 Å². The maximum atomic E-state index is 12.0. The monoisotopic (exact) mass is 286 g/mol. The molecular formula is C17H18O4. The standard InChI is InChI=1S/C17H18O4/c1-10-7-14(20-13-6-4-3-5-12(13)18)17-11(2)9-16(19)21-15(17)8-10/h7-9,13H,3-6H2,1-2H3. The quantitative estimate of drug-likeness (QED) is 0.795. The Bertz CT molecular complexity index is 757. The minimum Gasteiger partial charge on any atom is -0.482 e. The summed E-state index contributed by atoms with van der Waals surface area (Å²) in [4.78, 5) is 23.5. The highest BCUT2D eigenvalue weighted by Crippen LogP contribution is 2.31. The number of ketones is 1. The van der Waals surface area contributed by atoms with Gasteiger partial charge in [0.1, 0.15) is 11.3 Å². The number of aryl methyl sites for hydroxylation is 2. The Morgan fingerprint density at radius 3 is 2.71 bits per heavy atom. The average Bonchev–Trinajstić information content (AvgIpc) is 2.40. The second-order valence-electron chi connectivity index (χ2n) is 5.70. The van der Waals surface area contributed by atoms with E-state index < -0.39 is 0 Å². The van der Waals surface area contributed by atoms with E-state index >= 15 is 0 Å². The Balaban J connectivity index is 2.09. The number of fused-ring (bicyclic) bond motifs is 1. The molecule has 0 N–H and O–H groups in total. The van der Waals surface area contributed by atoms with Gasteiger partial charge in [-0.2, -0.15) is 0 Å². The zero-order chi connectivity index (χ0) is 15.0. The van der Waals surface area contributed by atoms with Crippen LogP contribution in [0.5, 0.6) is 5.75 Å². The van der Waals surface area contributed by atoms with Crippen LogP contribution in [0.4, 0.5) is 0 Å². The highest BCUT2D eigenvalue weighted by atomic mass is 16.5. The molecule has 0 amide bonds. The summed E-state index contributed by atoms with van der Waals surface area (Å²) in [5.41, 5.74) is 1.89. The van der Waals surface area contributed by atoms with Crippen molar-refractivity contribution >= 4 is 16.8 Å². The van der Waals surface area contributed by atoms with Gasteiger partial charge in [0.05, 0.1) is 5.39 Å². The smallest absolute Gasteiger partial charge is 0.336 e. The third-order valence-electron chi connectivity index (χ3n) is 3.92. The van der Waals surface area contributed by atoms with Crippen LogP contribution in [0, 0.1) is 13.8 Å². The number of Topliss-reactive ketones (excluding diaryl/α,β-unsaturated/α-hetero) is 1. The molecule has 1 heterocycles. The van der Waals surface area contributed by atoms with Gasteiger partial charge in [0.15, 0.2) is 11.9 Å². The van der Waals surface area contributed by atoms with Gasteiger partial charge in [0, 0.05) is 12.5 Å². The number of rotatable bonds is 2. The third kappa shape index (κ3) is 2.71. The van der Waals surface area contributed by atoms with E-state index in [1.807, 2.05) is 26.0 Å². The van der Waals surface area contributed by atoms with Gasteiger partial charge < -0.3 is 9.15 Å². The summed E-state index contributed by atoms with van der Waals surface area (Å²) in [6.45, 7) is 3.77. The predicted molar refractivity (Wildman–Crippen MR) is 79.8 cm³/mol. The fourth-order valence-corrected chi connectivity index (χ4v) is 2.90. The van der Waals surface area contributed by atoms with E-state index in [-0.39, 0.29) is 17.5 Å². The largest absolute Gasteiger partial charge is 0.482 e. The summed E-state index contributed by atoms with van der Waals surface area (Å²) in [5, 5.41) is 0.776. The lowest BCUT2D eigenvalue weighted by Crippen LogP contribution is -2.30. The van der Waals surface area contributed by atoms with Crippen LogP contribution in [0.2, 0.25) is 0 Å². The molecule has 1 aliphatic rings. The van der Waals surface area contributed by atoms with Gasteiger partial charge in [-0.1, -0.05) is 0 Å². The van der Waals surface area contributed by atoms with Gasteiger partial charge >= 0.3 is 5.63 Å². The van der Waals surface area contributed by atoms with Gasteiger partial charge in [0.2, 0.25) is 0 Å². The van der Waals surface area contributed by atoms with Crippen LogP contribution in [-0.4, -0.2) is 11.9 Å². The van der Waals surface area contributed by atoms with E-state index in [2.05, 4.69) is 0 Å². The average molecular weight is 286 g/mol. The first-order valence-corrected chi connectivity index (χ1v) is 7.29. The van der Waals surface area contributed by atoms with Crippen molar-refractivity contribution in [1.82, 2.24) is 0 Å². The molecule has 0 bridgehead atoms. The summed E-state index contributed by atoms with van der Waals surface area (Å²) in [6.07, 6.45) is 2.91.